The van der Waals surface area contributed by atoms with Gasteiger partial charge in [0.2, 0.25) is 5.60 Å². The lowest BCUT2D eigenvalue weighted by molar-refractivity contribution is -0.149. The third kappa shape index (κ3) is 6.58. The highest BCUT2D eigenvalue weighted by atomic mass is 32.1. The van der Waals surface area contributed by atoms with Crippen LogP contribution in [-0.4, -0.2) is 91.2 Å². The summed E-state index contributed by atoms with van der Waals surface area (Å²) in [6.07, 6.45) is 0.621. The lowest BCUT2D eigenvalue weighted by Gasteiger charge is -2.21. The summed E-state index contributed by atoms with van der Waals surface area (Å²) < 4.78 is 10.5. The number of carbonyl (C=O) groups excluding carboxylic acids is 3. The second-order valence-electron chi connectivity index (χ2n) is 8.81. The van der Waals surface area contributed by atoms with Gasteiger partial charge in [0.15, 0.2) is 0 Å². The summed E-state index contributed by atoms with van der Waals surface area (Å²) >= 11 is 1.58. The van der Waals surface area contributed by atoms with Crippen molar-refractivity contribution in [2.75, 3.05) is 57.6 Å². The molecule has 1 aliphatic rings. The van der Waals surface area contributed by atoms with Crippen molar-refractivity contribution >= 4 is 45.6 Å². The molecule has 2 aromatic heterocycles. The lowest BCUT2D eigenvalue weighted by Crippen LogP contribution is -2.52. The molecule has 4 rings (SSSR count). The molecule has 11 nitrogen and oxygen atoms in total. The number of rotatable bonds is 14. The zero-order chi connectivity index (χ0) is 27.0. The van der Waals surface area contributed by atoms with Crippen molar-refractivity contribution < 1.29 is 34.1 Å². The minimum Gasteiger partial charge on any atom is -0.394 e. The molecule has 204 valence electrons. The number of carbonyl (C=O) groups is 3. The van der Waals surface area contributed by atoms with Gasteiger partial charge in [-0.25, -0.2) is 0 Å². The highest BCUT2D eigenvalue weighted by Crippen LogP contribution is 2.31. The van der Waals surface area contributed by atoms with Gasteiger partial charge in [0.25, 0.3) is 17.7 Å². The molecule has 3 heterocycles. The number of hydrogen-bond donors (Lipinski definition) is 5. The summed E-state index contributed by atoms with van der Waals surface area (Å²) in [5.74, 6) is -1.65. The first kappa shape index (κ1) is 27.7. The third-order valence-electron chi connectivity index (χ3n) is 6.21. The van der Waals surface area contributed by atoms with Crippen molar-refractivity contribution in [3.05, 3.63) is 52.3 Å². The molecular formula is C26H32N4O7S. The number of thiophene rings is 1. The van der Waals surface area contributed by atoms with E-state index in [9.17, 15) is 19.5 Å². The van der Waals surface area contributed by atoms with Crippen LogP contribution in [0.25, 0.3) is 10.9 Å². The van der Waals surface area contributed by atoms with Crippen LogP contribution in [0, 0.1) is 0 Å². The first-order chi connectivity index (χ1) is 18.4. The van der Waals surface area contributed by atoms with Crippen molar-refractivity contribution in [2.45, 2.75) is 18.4 Å². The summed E-state index contributed by atoms with van der Waals surface area (Å²) in [6.45, 7) is 2.13. The van der Waals surface area contributed by atoms with Crippen molar-refractivity contribution in [3.8, 4) is 0 Å². The first-order valence-corrected chi connectivity index (χ1v) is 13.3. The van der Waals surface area contributed by atoms with Crippen LogP contribution in [-0.2, 0) is 25.5 Å². The number of benzene rings is 1. The van der Waals surface area contributed by atoms with Gasteiger partial charge in [-0.2, -0.15) is 0 Å². The first-order valence-electron chi connectivity index (χ1n) is 12.4. The number of aromatic nitrogens is 1. The average Bonchev–Trinajstić information content (AvgIpc) is 3.65. The fraction of sp³-hybridized carbons (Fsp3) is 0.423. The van der Waals surface area contributed by atoms with Gasteiger partial charge >= 0.3 is 0 Å². The number of hydrogen-bond acceptors (Lipinski definition) is 8. The topological polar surface area (TPSA) is 153 Å². The van der Waals surface area contributed by atoms with Gasteiger partial charge in [0.1, 0.15) is 5.69 Å². The molecule has 0 radical (unpaired) electrons. The van der Waals surface area contributed by atoms with E-state index in [2.05, 4.69) is 15.6 Å². The maximum atomic E-state index is 13.1. The zero-order valence-electron chi connectivity index (χ0n) is 20.9. The van der Waals surface area contributed by atoms with Crippen LogP contribution in [0.5, 0.6) is 0 Å². The van der Waals surface area contributed by atoms with Crippen LogP contribution in [0.15, 0.2) is 41.8 Å². The highest BCUT2D eigenvalue weighted by molar-refractivity contribution is 7.09. The summed E-state index contributed by atoms with van der Waals surface area (Å²) in [4.78, 5) is 43.8. The minimum absolute atomic E-state index is 0.00880. The molecule has 0 bridgehead atoms. The van der Waals surface area contributed by atoms with E-state index in [1.54, 1.807) is 35.6 Å². The SMILES string of the molecule is O=C(NCCOCCOCCO)c1cc2cc(N3CCC(O)(C(=O)NCCc4cccs4)C3=O)ccc2[nH]1. The number of nitrogens with zero attached hydrogens (tertiary/aromatic N) is 1. The van der Waals surface area contributed by atoms with Crippen LogP contribution in [0.3, 0.4) is 0 Å². The normalized spacial score (nSPS) is 17.3. The van der Waals surface area contributed by atoms with Gasteiger partial charge < -0.3 is 40.2 Å². The number of fused-ring (bicyclic) bond motifs is 1. The molecule has 1 saturated heterocycles. The Morgan fingerprint density at radius 3 is 2.66 bits per heavy atom. The summed E-state index contributed by atoms with van der Waals surface area (Å²) in [6, 6.07) is 10.8. The Balaban J connectivity index is 1.30. The van der Waals surface area contributed by atoms with E-state index in [4.69, 9.17) is 14.6 Å². The number of H-pyrrole nitrogens is 1. The van der Waals surface area contributed by atoms with Gasteiger partial charge in [-0.1, -0.05) is 6.07 Å². The van der Waals surface area contributed by atoms with Crippen molar-refractivity contribution in [2.24, 2.45) is 0 Å². The average molecular weight is 545 g/mol. The molecule has 0 saturated carbocycles. The number of amides is 3. The predicted molar refractivity (Wildman–Crippen MR) is 142 cm³/mol. The molecule has 3 amide bonds. The van der Waals surface area contributed by atoms with Crippen LogP contribution >= 0.6 is 11.3 Å². The molecule has 12 heteroatoms. The second kappa shape index (κ2) is 13.0. The Morgan fingerprint density at radius 1 is 1.08 bits per heavy atom. The number of anilines is 1. The molecule has 1 unspecified atom stereocenters. The fourth-order valence-corrected chi connectivity index (χ4v) is 4.90. The Kier molecular flexibility index (Phi) is 9.48. The fourth-order valence-electron chi connectivity index (χ4n) is 4.19. The third-order valence-corrected chi connectivity index (χ3v) is 7.15. The monoisotopic (exact) mass is 544 g/mol. The molecule has 3 aromatic rings. The molecule has 1 fully saturated rings. The molecule has 1 aliphatic heterocycles. The van der Waals surface area contributed by atoms with E-state index < -0.39 is 17.4 Å². The number of aliphatic hydroxyl groups is 2. The van der Waals surface area contributed by atoms with Crippen LogP contribution in [0.1, 0.15) is 21.8 Å². The number of ether oxygens (including phenoxy) is 2. The Morgan fingerprint density at radius 2 is 1.89 bits per heavy atom. The van der Waals surface area contributed by atoms with E-state index in [1.807, 2.05) is 17.5 Å². The minimum atomic E-state index is -2.11. The van der Waals surface area contributed by atoms with E-state index in [-0.39, 0.29) is 32.1 Å². The summed E-state index contributed by atoms with van der Waals surface area (Å²) in [5.41, 5.74) is -0.504. The zero-order valence-corrected chi connectivity index (χ0v) is 21.7. The Labute approximate surface area is 223 Å². The van der Waals surface area contributed by atoms with Crippen LogP contribution < -0.4 is 15.5 Å². The number of aliphatic hydroxyl groups excluding tert-OH is 1. The quantitative estimate of drug-likeness (QED) is 0.149. The number of aromatic amines is 1. The van der Waals surface area contributed by atoms with Crippen LogP contribution in [0.2, 0.25) is 0 Å². The van der Waals surface area contributed by atoms with E-state index in [1.165, 1.54) is 4.90 Å². The van der Waals surface area contributed by atoms with Gasteiger partial charge in [-0.15, -0.1) is 11.3 Å². The predicted octanol–water partition coefficient (Wildman–Crippen LogP) is 0.811. The molecule has 5 N–H and O–H groups in total. The Hall–Kier alpha value is -3.29. The molecule has 0 spiro atoms. The van der Waals surface area contributed by atoms with Gasteiger partial charge in [-0.05, 0) is 42.1 Å². The molecule has 1 atom stereocenters. The van der Waals surface area contributed by atoms with Gasteiger partial charge in [0, 0.05) is 47.5 Å². The summed E-state index contributed by atoms with van der Waals surface area (Å²) in [7, 11) is 0. The van der Waals surface area contributed by atoms with Gasteiger partial charge in [-0.3, -0.25) is 14.4 Å². The summed E-state index contributed by atoms with van der Waals surface area (Å²) in [5, 5.41) is 27.7. The molecule has 38 heavy (non-hydrogen) atoms. The second-order valence-corrected chi connectivity index (χ2v) is 9.84. The van der Waals surface area contributed by atoms with E-state index in [0.717, 1.165) is 4.88 Å². The Bertz CT molecular complexity index is 1250. The van der Waals surface area contributed by atoms with E-state index in [0.29, 0.717) is 61.6 Å². The van der Waals surface area contributed by atoms with Crippen molar-refractivity contribution in [1.29, 1.82) is 0 Å². The van der Waals surface area contributed by atoms with Gasteiger partial charge in [0.05, 0.1) is 33.0 Å². The maximum Gasteiger partial charge on any atom is 0.268 e. The molecule has 1 aromatic carbocycles. The lowest BCUT2D eigenvalue weighted by atomic mass is 10.0. The van der Waals surface area contributed by atoms with Crippen molar-refractivity contribution in [3.63, 3.8) is 0 Å². The smallest absolute Gasteiger partial charge is 0.268 e. The van der Waals surface area contributed by atoms with Crippen LogP contribution in [0.4, 0.5) is 5.69 Å². The maximum absolute atomic E-state index is 13.1. The van der Waals surface area contributed by atoms with E-state index >= 15 is 0 Å². The van der Waals surface area contributed by atoms with Crippen molar-refractivity contribution in [1.82, 2.24) is 15.6 Å². The standard InChI is InChI=1S/C26H32N4O7S/c31-10-12-37-14-13-36-11-8-27-23(32)22-17-18-16-19(3-4-21(18)29-22)30-9-6-26(35,25(30)34)24(33)28-7-5-20-2-1-15-38-20/h1-4,15-17,29,31,35H,5-14H2,(H,27,32)(H,28,33). The highest BCUT2D eigenvalue weighted by Gasteiger charge is 2.51. The molecular weight excluding hydrogens is 512 g/mol. The largest absolute Gasteiger partial charge is 0.394 e. The molecule has 0 aliphatic carbocycles. The number of nitrogens with one attached hydrogen (secondary N) is 3.